The third-order valence-electron chi connectivity index (χ3n) is 4.56. The first-order chi connectivity index (χ1) is 13.6. The van der Waals surface area contributed by atoms with Crippen molar-refractivity contribution in [3.8, 4) is 5.69 Å². The van der Waals surface area contributed by atoms with Crippen LogP contribution in [0.5, 0.6) is 0 Å². The van der Waals surface area contributed by atoms with Crippen molar-refractivity contribution in [2.75, 3.05) is 6.54 Å². The molecule has 0 aliphatic heterocycles. The molecule has 146 valence electrons. The Bertz CT molecular complexity index is 1050. The highest BCUT2D eigenvalue weighted by Gasteiger charge is 2.20. The minimum absolute atomic E-state index is 0.0513. The molecule has 0 saturated heterocycles. The number of nitrogens with zero attached hydrogens (tertiary/aromatic N) is 2. The van der Waals surface area contributed by atoms with Crippen LogP contribution >= 0.6 is 11.8 Å². The Morgan fingerprint density at radius 1 is 1.14 bits per heavy atom. The number of carbonyl (C=O) groups excluding carboxylic acids is 1. The molecular formula is C22H25N3O2S. The van der Waals surface area contributed by atoms with E-state index in [0.717, 1.165) is 24.1 Å². The van der Waals surface area contributed by atoms with Crippen LogP contribution in [0.4, 0.5) is 0 Å². The lowest BCUT2D eigenvalue weighted by Gasteiger charge is -2.18. The zero-order valence-electron chi connectivity index (χ0n) is 16.4. The number of benzene rings is 2. The predicted octanol–water partition coefficient (Wildman–Crippen LogP) is 3.95. The van der Waals surface area contributed by atoms with Crippen molar-refractivity contribution in [2.45, 2.75) is 44.0 Å². The first-order valence-electron chi connectivity index (χ1n) is 9.61. The van der Waals surface area contributed by atoms with Gasteiger partial charge in [-0.15, -0.1) is 0 Å². The SMILES string of the molecule is CCCNC(=O)[C@H](C)Sc1nc2ccccc2c(=O)n1-c1ccccc1CC. The molecular weight excluding hydrogens is 370 g/mol. The fourth-order valence-electron chi connectivity index (χ4n) is 3.04. The molecule has 0 radical (unpaired) electrons. The zero-order chi connectivity index (χ0) is 20.1. The summed E-state index contributed by atoms with van der Waals surface area (Å²) in [6.07, 6.45) is 1.68. The average Bonchev–Trinajstić information content (AvgIpc) is 2.72. The Morgan fingerprint density at radius 3 is 2.61 bits per heavy atom. The summed E-state index contributed by atoms with van der Waals surface area (Å²) in [7, 11) is 0. The Kier molecular flexibility index (Phi) is 6.52. The smallest absolute Gasteiger partial charge is 0.266 e. The average molecular weight is 396 g/mol. The molecule has 28 heavy (non-hydrogen) atoms. The topological polar surface area (TPSA) is 64.0 Å². The van der Waals surface area contributed by atoms with Crippen LogP contribution in [0.2, 0.25) is 0 Å². The molecule has 0 bridgehead atoms. The molecule has 0 aliphatic rings. The van der Waals surface area contributed by atoms with Crippen LogP contribution in [0.3, 0.4) is 0 Å². The van der Waals surface area contributed by atoms with Crippen LogP contribution in [0, 0.1) is 0 Å². The second kappa shape index (κ2) is 9.06. The highest BCUT2D eigenvalue weighted by molar-refractivity contribution is 8.00. The quantitative estimate of drug-likeness (QED) is 0.486. The second-order valence-electron chi connectivity index (χ2n) is 6.59. The second-order valence-corrected chi connectivity index (χ2v) is 7.89. The molecule has 1 heterocycles. The van der Waals surface area contributed by atoms with Crippen molar-refractivity contribution in [1.82, 2.24) is 14.9 Å². The van der Waals surface area contributed by atoms with Crippen LogP contribution < -0.4 is 10.9 Å². The van der Waals surface area contributed by atoms with Crippen molar-refractivity contribution in [1.29, 1.82) is 0 Å². The summed E-state index contributed by atoms with van der Waals surface area (Å²) in [5, 5.41) is 3.65. The van der Waals surface area contributed by atoms with Crippen molar-refractivity contribution >= 4 is 28.6 Å². The number of aromatic nitrogens is 2. The largest absolute Gasteiger partial charge is 0.355 e. The number of rotatable bonds is 7. The molecule has 0 fully saturated rings. The molecule has 0 spiro atoms. The van der Waals surface area contributed by atoms with Crippen LogP contribution in [-0.4, -0.2) is 27.3 Å². The van der Waals surface area contributed by atoms with E-state index in [4.69, 9.17) is 4.98 Å². The van der Waals surface area contributed by atoms with Gasteiger partial charge in [-0.3, -0.25) is 14.2 Å². The van der Waals surface area contributed by atoms with Crippen LogP contribution in [-0.2, 0) is 11.2 Å². The van der Waals surface area contributed by atoms with Crippen LogP contribution in [0.1, 0.15) is 32.8 Å². The van der Waals surface area contributed by atoms with Gasteiger partial charge in [-0.1, -0.05) is 55.9 Å². The molecule has 1 N–H and O–H groups in total. The first-order valence-corrected chi connectivity index (χ1v) is 10.5. The minimum atomic E-state index is -0.361. The Hall–Kier alpha value is -2.60. The van der Waals surface area contributed by atoms with Gasteiger partial charge < -0.3 is 5.32 Å². The number of carbonyl (C=O) groups is 1. The number of hydrogen-bond donors (Lipinski definition) is 1. The Balaban J connectivity index is 2.15. The van der Waals surface area contributed by atoms with E-state index in [1.807, 2.05) is 56.3 Å². The van der Waals surface area contributed by atoms with Gasteiger partial charge >= 0.3 is 0 Å². The fourth-order valence-corrected chi connectivity index (χ4v) is 3.98. The van der Waals surface area contributed by atoms with E-state index in [2.05, 4.69) is 12.2 Å². The molecule has 5 nitrogen and oxygen atoms in total. The number of fused-ring (bicyclic) bond motifs is 1. The monoisotopic (exact) mass is 395 g/mol. The van der Waals surface area contributed by atoms with Crippen molar-refractivity contribution < 1.29 is 4.79 Å². The van der Waals surface area contributed by atoms with Crippen LogP contribution in [0.15, 0.2) is 58.5 Å². The predicted molar refractivity (Wildman–Crippen MR) is 115 cm³/mol. The van der Waals surface area contributed by atoms with Gasteiger partial charge in [0, 0.05) is 6.54 Å². The standard InChI is InChI=1S/C22H25N3O2S/c1-4-14-23-20(26)15(3)28-22-24-18-12-8-7-11-17(18)21(27)25(22)19-13-9-6-10-16(19)5-2/h6-13,15H,4-5,14H2,1-3H3,(H,23,26)/t15-/m0/s1. The van der Waals surface area contributed by atoms with Gasteiger partial charge in [0.05, 0.1) is 21.8 Å². The summed E-state index contributed by atoms with van der Waals surface area (Å²) in [6.45, 7) is 6.56. The van der Waals surface area contributed by atoms with Gasteiger partial charge in [-0.25, -0.2) is 4.98 Å². The highest BCUT2D eigenvalue weighted by Crippen LogP contribution is 2.26. The maximum atomic E-state index is 13.4. The van der Waals surface area contributed by atoms with E-state index >= 15 is 0 Å². The lowest BCUT2D eigenvalue weighted by Crippen LogP contribution is -2.32. The maximum absolute atomic E-state index is 13.4. The number of thioether (sulfide) groups is 1. The minimum Gasteiger partial charge on any atom is -0.355 e. The Labute approximate surface area is 169 Å². The zero-order valence-corrected chi connectivity index (χ0v) is 17.3. The molecule has 3 rings (SSSR count). The number of nitrogens with one attached hydrogen (secondary N) is 1. The molecule has 1 atom stereocenters. The van der Waals surface area contributed by atoms with E-state index < -0.39 is 0 Å². The summed E-state index contributed by atoms with van der Waals surface area (Å²) in [6, 6.07) is 15.2. The summed E-state index contributed by atoms with van der Waals surface area (Å²) in [5.74, 6) is -0.0513. The normalized spacial score (nSPS) is 12.1. The summed E-state index contributed by atoms with van der Waals surface area (Å²) >= 11 is 1.31. The number of aryl methyl sites for hydroxylation is 1. The summed E-state index contributed by atoms with van der Waals surface area (Å²) in [4.78, 5) is 30.5. The molecule has 0 aliphatic carbocycles. The highest BCUT2D eigenvalue weighted by atomic mass is 32.2. The van der Waals surface area contributed by atoms with E-state index in [1.165, 1.54) is 11.8 Å². The molecule has 3 aromatic rings. The maximum Gasteiger partial charge on any atom is 0.266 e. The third kappa shape index (κ3) is 4.12. The number of hydrogen-bond acceptors (Lipinski definition) is 4. The van der Waals surface area contributed by atoms with E-state index in [-0.39, 0.29) is 16.7 Å². The molecule has 6 heteroatoms. The third-order valence-corrected chi connectivity index (χ3v) is 5.61. The fraction of sp³-hybridized carbons (Fsp3) is 0.318. The van der Waals surface area contributed by atoms with E-state index in [9.17, 15) is 9.59 Å². The molecule has 0 saturated carbocycles. The van der Waals surface area contributed by atoms with Crippen LogP contribution in [0.25, 0.3) is 16.6 Å². The number of amides is 1. The van der Waals surface area contributed by atoms with Gasteiger partial charge in [0.1, 0.15) is 0 Å². The number of para-hydroxylation sites is 2. The molecule has 0 unspecified atom stereocenters. The van der Waals surface area contributed by atoms with Gasteiger partial charge in [-0.05, 0) is 43.5 Å². The lowest BCUT2D eigenvalue weighted by atomic mass is 10.1. The van der Waals surface area contributed by atoms with Crippen molar-refractivity contribution in [2.24, 2.45) is 0 Å². The Morgan fingerprint density at radius 2 is 1.86 bits per heavy atom. The van der Waals surface area contributed by atoms with Gasteiger partial charge in [0.2, 0.25) is 5.91 Å². The van der Waals surface area contributed by atoms with E-state index in [1.54, 1.807) is 10.6 Å². The lowest BCUT2D eigenvalue weighted by molar-refractivity contribution is -0.120. The van der Waals surface area contributed by atoms with Gasteiger partial charge in [0.15, 0.2) is 5.16 Å². The van der Waals surface area contributed by atoms with E-state index in [0.29, 0.717) is 22.6 Å². The summed E-state index contributed by atoms with van der Waals surface area (Å²) < 4.78 is 1.65. The van der Waals surface area contributed by atoms with Gasteiger partial charge in [0.25, 0.3) is 5.56 Å². The van der Waals surface area contributed by atoms with Crippen molar-refractivity contribution in [3.05, 3.63) is 64.4 Å². The van der Waals surface area contributed by atoms with Crippen molar-refractivity contribution in [3.63, 3.8) is 0 Å². The summed E-state index contributed by atoms with van der Waals surface area (Å²) in [5.41, 5.74) is 2.40. The molecule has 1 amide bonds. The van der Waals surface area contributed by atoms with Gasteiger partial charge in [-0.2, -0.15) is 0 Å². The first kappa shape index (κ1) is 20.1. The molecule has 2 aromatic carbocycles. The molecule has 1 aromatic heterocycles.